The third-order valence-corrected chi connectivity index (χ3v) is 5.16. The van der Waals surface area contributed by atoms with Crippen molar-refractivity contribution in [1.29, 1.82) is 0 Å². The van der Waals surface area contributed by atoms with Crippen molar-refractivity contribution in [2.45, 2.75) is 19.8 Å². The van der Waals surface area contributed by atoms with E-state index in [4.69, 9.17) is 4.52 Å². The molecule has 1 N–H and O–H groups in total. The van der Waals surface area contributed by atoms with Gasteiger partial charge in [0, 0.05) is 22.6 Å². The van der Waals surface area contributed by atoms with E-state index in [1.807, 2.05) is 35.7 Å². The Balaban J connectivity index is 1.46. The second-order valence-corrected chi connectivity index (χ2v) is 7.57. The monoisotopic (exact) mass is 389 g/mol. The van der Waals surface area contributed by atoms with Crippen LogP contribution in [0, 0.1) is 0 Å². The van der Waals surface area contributed by atoms with Crippen molar-refractivity contribution < 1.29 is 9.32 Å². The van der Waals surface area contributed by atoms with Gasteiger partial charge in [-0.2, -0.15) is 0 Å². The zero-order valence-electron chi connectivity index (χ0n) is 15.5. The van der Waals surface area contributed by atoms with Crippen LogP contribution in [0.3, 0.4) is 0 Å². The molecule has 0 radical (unpaired) electrons. The molecule has 28 heavy (non-hydrogen) atoms. The van der Waals surface area contributed by atoms with Gasteiger partial charge in [-0.1, -0.05) is 73.6 Å². The predicted octanol–water partition coefficient (Wildman–Crippen LogP) is 5.84. The molecule has 0 spiro atoms. The Hall–Kier alpha value is -3.25. The van der Waals surface area contributed by atoms with E-state index in [0.717, 1.165) is 16.8 Å². The van der Waals surface area contributed by atoms with Gasteiger partial charge in [-0.25, -0.2) is 4.98 Å². The number of carbonyl (C=O) groups is 1. The molecule has 2 aromatic carbocycles. The van der Waals surface area contributed by atoms with Crippen LogP contribution in [0.2, 0.25) is 0 Å². The molecule has 4 rings (SSSR count). The predicted molar refractivity (Wildman–Crippen MR) is 112 cm³/mol. The van der Waals surface area contributed by atoms with E-state index >= 15 is 0 Å². The first-order chi connectivity index (χ1) is 13.6. The third-order valence-electron chi connectivity index (χ3n) is 4.40. The maximum absolute atomic E-state index is 12.5. The molecule has 1 amide bonds. The van der Waals surface area contributed by atoms with Crippen LogP contribution < -0.4 is 5.32 Å². The van der Waals surface area contributed by atoms with Gasteiger partial charge < -0.3 is 4.52 Å². The molecule has 0 unspecified atom stereocenters. The summed E-state index contributed by atoms with van der Waals surface area (Å²) in [7, 11) is 0. The summed E-state index contributed by atoms with van der Waals surface area (Å²) < 4.78 is 5.29. The lowest BCUT2D eigenvalue weighted by Gasteiger charge is -2.05. The van der Waals surface area contributed by atoms with Crippen LogP contribution in [-0.4, -0.2) is 16.0 Å². The van der Waals surface area contributed by atoms with Crippen molar-refractivity contribution in [1.82, 2.24) is 10.1 Å². The van der Waals surface area contributed by atoms with E-state index in [0.29, 0.717) is 16.8 Å². The lowest BCUT2D eigenvalue weighted by molar-refractivity contribution is 0.101. The SMILES string of the molecule is CC(C)c1ccc(-c2csc(NC(=O)c3cc(-c4ccccc4)on3)n2)cc1. The minimum absolute atomic E-state index is 0.219. The zero-order valence-corrected chi connectivity index (χ0v) is 16.4. The van der Waals surface area contributed by atoms with Crippen LogP contribution in [0.1, 0.15) is 35.8 Å². The van der Waals surface area contributed by atoms with Gasteiger partial charge in [0.25, 0.3) is 5.91 Å². The Kier molecular flexibility index (Phi) is 5.04. The summed E-state index contributed by atoms with van der Waals surface area (Å²) in [4.78, 5) is 17.0. The fourth-order valence-corrected chi connectivity index (χ4v) is 3.50. The van der Waals surface area contributed by atoms with Gasteiger partial charge in [0.05, 0.1) is 5.69 Å². The number of nitrogens with zero attached hydrogens (tertiary/aromatic N) is 2. The summed E-state index contributed by atoms with van der Waals surface area (Å²) in [5.41, 5.74) is 4.23. The normalized spacial score (nSPS) is 11.0. The number of thiazole rings is 1. The molecule has 0 bridgehead atoms. The average molecular weight is 389 g/mol. The Labute approximate surface area is 167 Å². The van der Waals surface area contributed by atoms with Gasteiger partial charge in [-0.05, 0) is 11.5 Å². The molecule has 5 nitrogen and oxygen atoms in total. The van der Waals surface area contributed by atoms with Crippen molar-refractivity contribution in [3.05, 3.63) is 77.3 Å². The van der Waals surface area contributed by atoms with Gasteiger partial charge >= 0.3 is 0 Å². The summed E-state index contributed by atoms with van der Waals surface area (Å²) >= 11 is 1.38. The van der Waals surface area contributed by atoms with E-state index in [-0.39, 0.29) is 11.6 Å². The molecule has 0 aliphatic rings. The third kappa shape index (κ3) is 3.87. The first kappa shape index (κ1) is 18.1. The van der Waals surface area contributed by atoms with Crippen molar-refractivity contribution in [2.24, 2.45) is 0 Å². The number of aromatic nitrogens is 2. The Morgan fingerprint density at radius 3 is 2.50 bits per heavy atom. The molecule has 2 aromatic heterocycles. The maximum atomic E-state index is 12.5. The smallest absolute Gasteiger partial charge is 0.279 e. The minimum Gasteiger partial charge on any atom is -0.355 e. The first-order valence-corrected chi connectivity index (χ1v) is 9.87. The first-order valence-electron chi connectivity index (χ1n) is 8.99. The lowest BCUT2D eigenvalue weighted by Crippen LogP contribution is -2.11. The number of hydrogen-bond donors (Lipinski definition) is 1. The fourth-order valence-electron chi connectivity index (χ4n) is 2.78. The van der Waals surface area contributed by atoms with Crippen LogP contribution in [0.5, 0.6) is 0 Å². The largest absolute Gasteiger partial charge is 0.355 e. The number of anilines is 1. The van der Waals surface area contributed by atoms with E-state index in [1.54, 1.807) is 6.07 Å². The highest BCUT2D eigenvalue weighted by Crippen LogP contribution is 2.27. The standard InChI is InChI=1S/C22H19N3O2S/c1-14(2)15-8-10-16(11-9-15)19-13-28-22(23-19)24-21(26)18-12-20(27-25-18)17-6-4-3-5-7-17/h3-14H,1-2H3,(H,23,24,26). The highest BCUT2D eigenvalue weighted by Gasteiger charge is 2.15. The van der Waals surface area contributed by atoms with Crippen LogP contribution in [0.15, 0.2) is 70.6 Å². The maximum Gasteiger partial charge on any atom is 0.279 e. The van der Waals surface area contributed by atoms with E-state index in [1.165, 1.54) is 16.9 Å². The van der Waals surface area contributed by atoms with Crippen molar-refractivity contribution in [2.75, 3.05) is 5.32 Å². The van der Waals surface area contributed by atoms with Gasteiger partial charge in [-0.15, -0.1) is 11.3 Å². The Morgan fingerprint density at radius 2 is 1.79 bits per heavy atom. The summed E-state index contributed by atoms with van der Waals surface area (Å²) in [6.45, 7) is 4.33. The van der Waals surface area contributed by atoms with E-state index < -0.39 is 0 Å². The molecule has 6 heteroatoms. The molecule has 0 atom stereocenters. The average Bonchev–Trinajstić information content (AvgIpc) is 3.39. The number of carbonyl (C=O) groups excluding carboxylic acids is 1. The van der Waals surface area contributed by atoms with Gasteiger partial charge in [0.15, 0.2) is 16.6 Å². The van der Waals surface area contributed by atoms with Crippen LogP contribution in [-0.2, 0) is 0 Å². The molecular weight excluding hydrogens is 370 g/mol. The number of rotatable bonds is 5. The fraction of sp³-hybridized carbons (Fsp3) is 0.136. The molecule has 0 aliphatic carbocycles. The van der Waals surface area contributed by atoms with Crippen molar-refractivity contribution >= 4 is 22.4 Å². The molecule has 0 fully saturated rings. The number of amides is 1. The second kappa shape index (κ2) is 7.78. The zero-order chi connectivity index (χ0) is 19.5. The Bertz CT molecular complexity index is 1080. The highest BCUT2D eigenvalue weighted by molar-refractivity contribution is 7.14. The van der Waals surface area contributed by atoms with Crippen LogP contribution in [0.25, 0.3) is 22.6 Å². The summed E-state index contributed by atoms with van der Waals surface area (Å²) in [6, 6.07) is 19.5. The van der Waals surface area contributed by atoms with E-state index in [9.17, 15) is 4.79 Å². The summed E-state index contributed by atoms with van der Waals surface area (Å²) in [5.74, 6) is 0.695. The highest BCUT2D eigenvalue weighted by atomic mass is 32.1. The molecule has 2 heterocycles. The molecule has 4 aromatic rings. The number of benzene rings is 2. The Morgan fingerprint density at radius 1 is 1.04 bits per heavy atom. The number of nitrogens with one attached hydrogen (secondary N) is 1. The molecular formula is C22H19N3O2S. The quantitative estimate of drug-likeness (QED) is 0.465. The van der Waals surface area contributed by atoms with Crippen LogP contribution >= 0.6 is 11.3 Å². The van der Waals surface area contributed by atoms with Gasteiger partial charge in [0.1, 0.15) is 0 Å². The second-order valence-electron chi connectivity index (χ2n) is 6.71. The minimum atomic E-state index is -0.345. The van der Waals surface area contributed by atoms with Crippen LogP contribution in [0.4, 0.5) is 5.13 Å². The van der Waals surface area contributed by atoms with E-state index in [2.05, 4.69) is 53.6 Å². The summed E-state index contributed by atoms with van der Waals surface area (Å²) in [5, 5.41) is 9.11. The van der Waals surface area contributed by atoms with Gasteiger partial charge in [0.2, 0.25) is 0 Å². The molecule has 0 saturated heterocycles. The summed E-state index contributed by atoms with van der Waals surface area (Å²) in [6.07, 6.45) is 0. The molecule has 140 valence electrons. The van der Waals surface area contributed by atoms with Crippen molar-refractivity contribution in [3.8, 4) is 22.6 Å². The topological polar surface area (TPSA) is 68.0 Å². The lowest BCUT2D eigenvalue weighted by atomic mass is 10.0. The van der Waals surface area contributed by atoms with Gasteiger partial charge in [-0.3, -0.25) is 10.1 Å². The molecule has 0 aliphatic heterocycles. The molecule has 0 saturated carbocycles. The van der Waals surface area contributed by atoms with Crippen molar-refractivity contribution in [3.63, 3.8) is 0 Å². The number of hydrogen-bond acceptors (Lipinski definition) is 5.